The molecule has 0 bridgehead atoms. The summed E-state index contributed by atoms with van der Waals surface area (Å²) in [7, 11) is 1.79. The van der Waals surface area contributed by atoms with E-state index in [4.69, 9.17) is 4.74 Å². The van der Waals surface area contributed by atoms with E-state index in [0.29, 0.717) is 11.5 Å². The molecule has 4 heteroatoms. The van der Waals surface area contributed by atoms with E-state index in [0.717, 1.165) is 13.0 Å². The highest BCUT2D eigenvalue weighted by Gasteiger charge is 2.38. The molecule has 1 aliphatic rings. The van der Waals surface area contributed by atoms with Gasteiger partial charge in [-0.3, -0.25) is 4.90 Å². The monoisotopic (exact) mass is 221 g/mol. The van der Waals surface area contributed by atoms with Crippen LogP contribution in [0.5, 0.6) is 0 Å². The Balaban J connectivity index is 2.63. The molecule has 0 aromatic heterocycles. The van der Waals surface area contributed by atoms with Crippen LogP contribution < -0.4 is 0 Å². The zero-order valence-corrected chi connectivity index (χ0v) is 10.5. The normalized spacial score (nSPS) is 31.2. The summed E-state index contributed by atoms with van der Waals surface area (Å²) in [5, 5.41) is 0.553. The lowest BCUT2D eigenvalue weighted by Crippen LogP contribution is -2.42. The van der Waals surface area contributed by atoms with Crippen molar-refractivity contribution in [3.63, 3.8) is 0 Å². The minimum atomic E-state index is -0.0407. The number of hydrogen-bond donors (Lipinski definition) is 1. The van der Waals surface area contributed by atoms with Crippen LogP contribution in [0.1, 0.15) is 20.3 Å². The van der Waals surface area contributed by atoms with Crippen molar-refractivity contribution < 1.29 is 4.74 Å². The van der Waals surface area contributed by atoms with Gasteiger partial charge >= 0.3 is 0 Å². The summed E-state index contributed by atoms with van der Waals surface area (Å²) >= 11 is 6.48. The van der Waals surface area contributed by atoms with Crippen LogP contribution in [-0.4, -0.2) is 41.2 Å². The lowest BCUT2D eigenvalue weighted by Gasteiger charge is -2.34. The molecule has 0 aromatic rings. The summed E-state index contributed by atoms with van der Waals surface area (Å²) in [5.74, 6) is 0. The van der Waals surface area contributed by atoms with Crippen LogP contribution in [-0.2, 0) is 4.74 Å². The van der Waals surface area contributed by atoms with Gasteiger partial charge in [-0.1, -0.05) is 0 Å². The third kappa shape index (κ3) is 2.78. The first kappa shape index (κ1) is 11.7. The van der Waals surface area contributed by atoms with Crippen molar-refractivity contribution in [1.29, 1.82) is 0 Å². The Labute approximate surface area is 90.8 Å². The second kappa shape index (κ2) is 4.43. The fraction of sp³-hybridized carbons (Fsp3) is 1.00. The lowest BCUT2D eigenvalue weighted by molar-refractivity contribution is 0.100. The summed E-state index contributed by atoms with van der Waals surface area (Å²) in [6, 6.07) is 0. The van der Waals surface area contributed by atoms with Crippen molar-refractivity contribution in [3.8, 4) is 0 Å². The van der Waals surface area contributed by atoms with E-state index in [1.807, 2.05) is 11.8 Å². The molecule has 0 aliphatic carbocycles. The zero-order chi connectivity index (χ0) is 10.1. The largest absolute Gasteiger partial charge is 0.380 e. The van der Waals surface area contributed by atoms with Crippen LogP contribution >= 0.6 is 24.4 Å². The number of thiol groups is 1. The van der Waals surface area contributed by atoms with E-state index in [2.05, 4.69) is 37.6 Å². The van der Waals surface area contributed by atoms with Gasteiger partial charge in [0.25, 0.3) is 0 Å². The first-order chi connectivity index (χ1) is 5.99. The molecule has 78 valence electrons. The van der Waals surface area contributed by atoms with Crippen LogP contribution in [0.25, 0.3) is 0 Å². The summed E-state index contributed by atoms with van der Waals surface area (Å²) in [6.07, 6.45) is 3.64. The molecule has 1 fully saturated rings. The summed E-state index contributed by atoms with van der Waals surface area (Å²) < 4.78 is 5.38. The highest BCUT2D eigenvalue weighted by atomic mass is 32.2. The zero-order valence-electron chi connectivity index (χ0n) is 8.78. The molecule has 0 amide bonds. The Morgan fingerprint density at radius 1 is 1.54 bits per heavy atom. The third-order valence-corrected chi connectivity index (χ3v) is 3.77. The van der Waals surface area contributed by atoms with Crippen LogP contribution in [0, 0.1) is 0 Å². The van der Waals surface area contributed by atoms with Crippen molar-refractivity contribution in [3.05, 3.63) is 0 Å². The maximum Gasteiger partial charge on any atom is 0.0722 e. The van der Waals surface area contributed by atoms with Gasteiger partial charge in [0.15, 0.2) is 0 Å². The van der Waals surface area contributed by atoms with Gasteiger partial charge in [0.1, 0.15) is 0 Å². The SMILES string of the molecule is CO[C@H]1C[C@@H](SC)N(C(C)(C)S)C1. The minimum Gasteiger partial charge on any atom is -0.380 e. The predicted molar refractivity (Wildman–Crippen MR) is 62.5 cm³/mol. The molecule has 0 spiro atoms. The minimum absolute atomic E-state index is 0.0407. The van der Waals surface area contributed by atoms with Crippen molar-refractivity contribution in [1.82, 2.24) is 4.90 Å². The molecular weight excluding hydrogens is 202 g/mol. The molecule has 0 aromatic carbocycles. The van der Waals surface area contributed by atoms with Gasteiger partial charge < -0.3 is 4.74 Å². The summed E-state index contributed by atoms with van der Waals surface area (Å²) in [4.78, 5) is 2.36. The number of methoxy groups -OCH3 is 1. The number of nitrogens with zero attached hydrogens (tertiary/aromatic N) is 1. The molecule has 0 unspecified atom stereocenters. The first-order valence-electron chi connectivity index (χ1n) is 4.53. The van der Waals surface area contributed by atoms with Crippen molar-refractivity contribution in [2.75, 3.05) is 19.9 Å². The van der Waals surface area contributed by atoms with Crippen molar-refractivity contribution in [2.45, 2.75) is 36.6 Å². The first-order valence-corrected chi connectivity index (χ1v) is 6.27. The van der Waals surface area contributed by atoms with Gasteiger partial charge in [-0.2, -0.15) is 12.6 Å². The standard InChI is InChI=1S/C9H19NOS2/c1-9(2,12)10-6-7(11-3)5-8(10)13-4/h7-8,12H,5-6H2,1-4H3/t7-,8+/m0/s1. The van der Waals surface area contributed by atoms with Gasteiger partial charge in [-0.15, -0.1) is 11.8 Å². The fourth-order valence-electron chi connectivity index (χ4n) is 1.73. The van der Waals surface area contributed by atoms with E-state index < -0.39 is 0 Å². The molecule has 0 saturated carbocycles. The molecule has 13 heavy (non-hydrogen) atoms. The van der Waals surface area contributed by atoms with Gasteiger partial charge in [0, 0.05) is 13.7 Å². The maximum atomic E-state index is 5.38. The maximum absolute atomic E-state index is 5.38. The molecular formula is C9H19NOS2. The van der Waals surface area contributed by atoms with E-state index in [-0.39, 0.29) is 4.87 Å². The highest BCUT2D eigenvalue weighted by Crippen LogP contribution is 2.34. The molecule has 1 rings (SSSR count). The van der Waals surface area contributed by atoms with Crippen LogP contribution in [0.2, 0.25) is 0 Å². The van der Waals surface area contributed by atoms with E-state index in [1.165, 1.54) is 0 Å². The van der Waals surface area contributed by atoms with Gasteiger partial charge in [0.05, 0.1) is 16.3 Å². The van der Waals surface area contributed by atoms with E-state index >= 15 is 0 Å². The number of ether oxygens (including phenoxy) is 1. The Morgan fingerprint density at radius 2 is 2.15 bits per heavy atom. The van der Waals surface area contributed by atoms with E-state index in [9.17, 15) is 0 Å². The average molecular weight is 221 g/mol. The number of thioether (sulfide) groups is 1. The Bertz CT molecular complexity index is 169. The van der Waals surface area contributed by atoms with Gasteiger partial charge in [-0.05, 0) is 26.5 Å². The van der Waals surface area contributed by atoms with Gasteiger partial charge in [0.2, 0.25) is 0 Å². The molecule has 0 N–H and O–H groups in total. The summed E-state index contributed by atoms with van der Waals surface area (Å²) in [6.45, 7) is 5.27. The third-order valence-electron chi connectivity index (χ3n) is 2.52. The molecule has 1 heterocycles. The topological polar surface area (TPSA) is 12.5 Å². The quantitative estimate of drug-likeness (QED) is 0.733. The van der Waals surface area contributed by atoms with Crippen LogP contribution in [0.4, 0.5) is 0 Å². The highest BCUT2D eigenvalue weighted by molar-refractivity contribution is 7.99. The Hall–Kier alpha value is 0.620. The summed E-state index contributed by atoms with van der Waals surface area (Å²) in [5.41, 5.74) is 0. The second-order valence-corrected chi connectivity index (χ2v) is 6.04. The number of rotatable bonds is 3. The van der Waals surface area contributed by atoms with E-state index in [1.54, 1.807) is 7.11 Å². The second-order valence-electron chi connectivity index (χ2n) is 3.93. The van der Waals surface area contributed by atoms with Crippen LogP contribution in [0.15, 0.2) is 0 Å². The fourth-order valence-corrected chi connectivity index (χ4v) is 3.04. The Morgan fingerprint density at radius 3 is 2.46 bits per heavy atom. The molecule has 1 saturated heterocycles. The Kier molecular flexibility index (Phi) is 3.98. The molecule has 1 aliphatic heterocycles. The smallest absolute Gasteiger partial charge is 0.0722 e. The number of hydrogen-bond acceptors (Lipinski definition) is 4. The molecule has 2 atom stereocenters. The molecule has 2 nitrogen and oxygen atoms in total. The van der Waals surface area contributed by atoms with Gasteiger partial charge in [-0.25, -0.2) is 0 Å². The lowest BCUT2D eigenvalue weighted by atomic mass is 10.3. The number of likely N-dealkylation sites (tertiary alicyclic amines) is 1. The molecule has 0 radical (unpaired) electrons. The average Bonchev–Trinajstić information content (AvgIpc) is 2.46. The van der Waals surface area contributed by atoms with Crippen molar-refractivity contribution >= 4 is 24.4 Å². The van der Waals surface area contributed by atoms with Crippen molar-refractivity contribution in [2.24, 2.45) is 0 Å². The van der Waals surface area contributed by atoms with Crippen LogP contribution in [0.3, 0.4) is 0 Å². The predicted octanol–water partition coefficient (Wildman–Crippen LogP) is 2.06.